The zero-order valence-corrected chi connectivity index (χ0v) is 8.67. The van der Waals surface area contributed by atoms with Gasteiger partial charge >= 0.3 is 11.9 Å². The molecule has 0 saturated carbocycles. The molecule has 0 fully saturated rings. The number of carboxylic acid groups (broad SMARTS) is 1. The molecule has 0 aromatic carbocycles. The largest absolute Gasteiger partial charge is 0.479 e. The summed E-state index contributed by atoms with van der Waals surface area (Å²) < 4.78 is 4.48. The zero-order valence-electron chi connectivity index (χ0n) is 8.67. The predicted molar refractivity (Wildman–Crippen MR) is 51.3 cm³/mol. The Kier molecular flexibility index (Phi) is 6.04. The second kappa shape index (κ2) is 6.75. The predicted octanol–water partition coefficient (Wildman–Crippen LogP) is -2.56. The van der Waals surface area contributed by atoms with Gasteiger partial charge in [-0.3, -0.25) is 4.79 Å². The molecule has 92 valence electrons. The molecule has 1 amide bonds. The molecule has 0 heterocycles. The molecular formula is C8H14N2O6. The number of carbonyl (C=O) groups is 3. The molecule has 0 aliphatic carbocycles. The second-order valence-electron chi connectivity index (χ2n) is 2.83. The summed E-state index contributed by atoms with van der Waals surface area (Å²) in [7, 11) is 0. The van der Waals surface area contributed by atoms with Crippen LogP contribution >= 0.6 is 0 Å². The maximum absolute atomic E-state index is 11.1. The van der Waals surface area contributed by atoms with Gasteiger partial charge in [-0.2, -0.15) is 0 Å². The van der Waals surface area contributed by atoms with Crippen molar-refractivity contribution in [3.8, 4) is 0 Å². The Morgan fingerprint density at radius 3 is 2.44 bits per heavy atom. The Morgan fingerprint density at radius 2 is 2.00 bits per heavy atom. The minimum atomic E-state index is -1.74. The van der Waals surface area contributed by atoms with Crippen LogP contribution in [-0.2, 0) is 19.1 Å². The number of carboxylic acids is 1. The quantitative estimate of drug-likeness (QED) is 0.293. The van der Waals surface area contributed by atoms with Crippen LogP contribution in [0.4, 0.5) is 0 Å². The average Bonchev–Trinajstić information content (AvgIpc) is 2.24. The standard InChI is InChI=1S/C8H14N2O6/c1-2-16-8(15)5(9)6(12)10-3-4(11)7(13)14/h4-5,11H,2-3,9H2,1H3,(H,10,12)(H,13,14)/t4-,5?/m0/s1. The van der Waals surface area contributed by atoms with Gasteiger partial charge in [0.15, 0.2) is 12.1 Å². The van der Waals surface area contributed by atoms with E-state index in [2.05, 4.69) is 4.74 Å². The fourth-order valence-corrected chi connectivity index (χ4v) is 0.734. The lowest BCUT2D eigenvalue weighted by Crippen LogP contribution is -2.49. The first-order valence-electron chi connectivity index (χ1n) is 4.51. The van der Waals surface area contributed by atoms with Gasteiger partial charge in [0.25, 0.3) is 0 Å². The molecule has 0 aliphatic heterocycles. The van der Waals surface area contributed by atoms with Crippen molar-refractivity contribution in [1.29, 1.82) is 0 Å². The van der Waals surface area contributed by atoms with E-state index in [0.29, 0.717) is 0 Å². The van der Waals surface area contributed by atoms with Crippen molar-refractivity contribution in [2.24, 2.45) is 5.73 Å². The molecule has 0 radical (unpaired) electrons. The number of hydrogen-bond donors (Lipinski definition) is 4. The summed E-state index contributed by atoms with van der Waals surface area (Å²) in [6, 6.07) is -1.53. The lowest BCUT2D eigenvalue weighted by atomic mass is 10.3. The van der Waals surface area contributed by atoms with Gasteiger partial charge in [0, 0.05) is 0 Å². The van der Waals surface area contributed by atoms with Crippen LogP contribution in [0.5, 0.6) is 0 Å². The first-order valence-corrected chi connectivity index (χ1v) is 4.51. The van der Waals surface area contributed by atoms with Crippen LogP contribution in [0.1, 0.15) is 6.92 Å². The Balaban J connectivity index is 4.06. The normalized spacial score (nSPS) is 13.7. The van der Waals surface area contributed by atoms with Gasteiger partial charge in [0.05, 0.1) is 13.2 Å². The first kappa shape index (κ1) is 14.3. The summed E-state index contributed by atoms with van der Waals surface area (Å²) in [5.41, 5.74) is 5.19. The van der Waals surface area contributed by atoms with E-state index in [-0.39, 0.29) is 6.61 Å². The van der Waals surface area contributed by atoms with Crippen molar-refractivity contribution < 1.29 is 29.3 Å². The average molecular weight is 234 g/mol. The lowest BCUT2D eigenvalue weighted by Gasteiger charge is -2.12. The molecule has 1 unspecified atom stereocenters. The number of rotatable bonds is 6. The fraction of sp³-hybridized carbons (Fsp3) is 0.625. The van der Waals surface area contributed by atoms with Crippen LogP contribution in [0.2, 0.25) is 0 Å². The molecule has 2 atom stereocenters. The van der Waals surface area contributed by atoms with Gasteiger partial charge < -0.3 is 26.0 Å². The van der Waals surface area contributed by atoms with Gasteiger partial charge in [-0.15, -0.1) is 0 Å². The molecule has 0 saturated heterocycles. The third kappa shape index (κ3) is 4.71. The van der Waals surface area contributed by atoms with E-state index in [1.807, 2.05) is 5.32 Å². The molecule has 0 aromatic heterocycles. The number of aliphatic carboxylic acids is 1. The van der Waals surface area contributed by atoms with E-state index < -0.39 is 36.5 Å². The number of aliphatic hydroxyl groups is 1. The molecule has 0 aliphatic rings. The number of nitrogens with two attached hydrogens (primary N) is 1. The molecule has 0 aromatic rings. The molecule has 8 heteroatoms. The third-order valence-electron chi connectivity index (χ3n) is 1.58. The Morgan fingerprint density at radius 1 is 1.44 bits per heavy atom. The second-order valence-corrected chi connectivity index (χ2v) is 2.83. The summed E-state index contributed by atoms with van der Waals surface area (Å²) in [6.07, 6.45) is -1.74. The highest BCUT2D eigenvalue weighted by molar-refractivity contribution is 6.01. The monoisotopic (exact) mass is 234 g/mol. The van der Waals surface area contributed by atoms with Crippen molar-refractivity contribution >= 4 is 17.8 Å². The summed E-state index contributed by atoms with van der Waals surface area (Å²) in [5, 5.41) is 19.1. The van der Waals surface area contributed by atoms with Crippen LogP contribution in [0.25, 0.3) is 0 Å². The number of amides is 1. The zero-order chi connectivity index (χ0) is 12.7. The van der Waals surface area contributed by atoms with Crippen molar-refractivity contribution in [3.05, 3.63) is 0 Å². The van der Waals surface area contributed by atoms with Gasteiger partial charge in [-0.05, 0) is 6.92 Å². The van der Waals surface area contributed by atoms with E-state index in [4.69, 9.17) is 15.9 Å². The minimum absolute atomic E-state index is 0.0809. The Hall–Kier alpha value is -1.67. The Bertz CT molecular complexity index is 280. The molecule has 8 nitrogen and oxygen atoms in total. The third-order valence-corrected chi connectivity index (χ3v) is 1.58. The fourth-order valence-electron chi connectivity index (χ4n) is 0.734. The molecule has 0 bridgehead atoms. The van der Waals surface area contributed by atoms with Crippen molar-refractivity contribution in [2.45, 2.75) is 19.1 Å². The van der Waals surface area contributed by atoms with Gasteiger partial charge in [0.1, 0.15) is 0 Å². The number of carbonyl (C=O) groups excluding carboxylic acids is 2. The summed E-state index contributed by atoms with van der Waals surface area (Å²) in [6.45, 7) is 1.11. The van der Waals surface area contributed by atoms with Crippen molar-refractivity contribution in [3.63, 3.8) is 0 Å². The van der Waals surface area contributed by atoms with Crippen LogP contribution in [0.3, 0.4) is 0 Å². The highest BCUT2D eigenvalue weighted by Gasteiger charge is 2.24. The molecule has 16 heavy (non-hydrogen) atoms. The van der Waals surface area contributed by atoms with Crippen molar-refractivity contribution in [1.82, 2.24) is 5.32 Å². The van der Waals surface area contributed by atoms with E-state index >= 15 is 0 Å². The van der Waals surface area contributed by atoms with Crippen LogP contribution < -0.4 is 11.1 Å². The molecular weight excluding hydrogens is 220 g/mol. The van der Waals surface area contributed by atoms with E-state index in [0.717, 1.165) is 0 Å². The number of esters is 1. The van der Waals surface area contributed by atoms with Gasteiger partial charge in [-0.1, -0.05) is 0 Å². The summed E-state index contributed by atoms with van der Waals surface area (Å²) in [5.74, 6) is -3.30. The maximum Gasteiger partial charge on any atom is 0.334 e. The van der Waals surface area contributed by atoms with Gasteiger partial charge in [-0.25, -0.2) is 9.59 Å². The van der Waals surface area contributed by atoms with E-state index in [1.54, 1.807) is 6.92 Å². The summed E-state index contributed by atoms with van der Waals surface area (Å²) >= 11 is 0. The van der Waals surface area contributed by atoms with Crippen LogP contribution in [-0.4, -0.2) is 53.4 Å². The number of nitrogens with one attached hydrogen (secondary N) is 1. The number of aliphatic hydroxyl groups excluding tert-OH is 1. The Labute approximate surface area is 91.4 Å². The topological polar surface area (TPSA) is 139 Å². The van der Waals surface area contributed by atoms with E-state index in [1.165, 1.54) is 0 Å². The molecule has 0 rings (SSSR count). The molecule has 5 N–H and O–H groups in total. The van der Waals surface area contributed by atoms with Crippen molar-refractivity contribution in [2.75, 3.05) is 13.2 Å². The van der Waals surface area contributed by atoms with E-state index in [9.17, 15) is 14.4 Å². The maximum atomic E-state index is 11.1. The first-order chi connectivity index (χ1) is 7.40. The number of hydrogen-bond acceptors (Lipinski definition) is 6. The van der Waals surface area contributed by atoms with Crippen LogP contribution in [0, 0.1) is 0 Å². The lowest BCUT2D eigenvalue weighted by molar-refractivity contribution is -0.148. The summed E-state index contributed by atoms with van der Waals surface area (Å²) in [4.78, 5) is 32.3. The smallest absolute Gasteiger partial charge is 0.334 e. The number of ether oxygens (including phenoxy) is 1. The minimum Gasteiger partial charge on any atom is -0.479 e. The highest BCUT2D eigenvalue weighted by Crippen LogP contribution is 1.87. The highest BCUT2D eigenvalue weighted by atomic mass is 16.5. The SMILES string of the molecule is CCOC(=O)C(N)C(=O)NC[C@H](O)C(=O)O. The van der Waals surface area contributed by atoms with Gasteiger partial charge in [0.2, 0.25) is 5.91 Å². The van der Waals surface area contributed by atoms with Crippen LogP contribution in [0.15, 0.2) is 0 Å². The molecule has 0 spiro atoms.